The maximum absolute atomic E-state index is 12.5. The van der Waals surface area contributed by atoms with Crippen LogP contribution in [0.4, 0.5) is 0 Å². The summed E-state index contributed by atoms with van der Waals surface area (Å²) in [4.78, 5) is 24.8. The van der Waals surface area contributed by atoms with Gasteiger partial charge in [0, 0.05) is 17.7 Å². The molecular weight excluding hydrogens is 372 g/mol. The quantitative estimate of drug-likeness (QED) is 0.456. The minimum absolute atomic E-state index is 0.132. The number of hydrogen-bond acceptors (Lipinski definition) is 6. The van der Waals surface area contributed by atoms with E-state index in [0.29, 0.717) is 34.1 Å². The van der Waals surface area contributed by atoms with Crippen molar-refractivity contribution in [1.29, 1.82) is 0 Å². The summed E-state index contributed by atoms with van der Waals surface area (Å²) in [6, 6.07) is 15.2. The molecule has 0 fully saturated rings. The molecule has 146 valence electrons. The largest absolute Gasteiger partial charge is 0.497 e. The minimum atomic E-state index is -0.227. The minimum Gasteiger partial charge on any atom is -0.497 e. The van der Waals surface area contributed by atoms with Crippen molar-refractivity contribution in [2.75, 3.05) is 13.7 Å². The molecule has 1 aliphatic heterocycles. The van der Waals surface area contributed by atoms with E-state index >= 15 is 0 Å². The van der Waals surface area contributed by atoms with Gasteiger partial charge in [0.05, 0.1) is 12.7 Å². The van der Waals surface area contributed by atoms with Gasteiger partial charge in [-0.05, 0) is 55.5 Å². The van der Waals surface area contributed by atoms with E-state index in [-0.39, 0.29) is 23.9 Å². The van der Waals surface area contributed by atoms with Crippen LogP contribution in [0, 0.1) is 6.92 Å². The van der Waals surface area contributed by atoms with Crippen molar-refractivity contribution in [2.45, 2.75) is 6.92 Å². The normalized spacial score (nSPS) is 13.9. The highest BCUT2D eigenvalue weighted by molar-refractivity contribution is 6.14. The monoisotopic (exact) mass is 390 g/mol. The lowest BCUT2D eigenvalue weighted by Gasteiger charge is -2.07. The molecule has 0 aliphatic carbocycles. The number of furan rings is 1. The van der Waals surface area contributed by atoms with Crippen molar-refractivity contribution in [3.8, 4) is 17.2 Å². The Bertz CT molecular complexity index is 1100. The van der Waals surface area contributed by atoms with Crippen molar-refractivity contribution in [1.82, 2.24) is 0 Å². The van der Waals surface area contributed by atoms with E-state index in [1.165, 1.54) is 0 Å². The number of benzene rings is 2. The number of hydrogen-bond donors (Lipinski definition) is 0. The summed E-state index contributed by atoms with van der Waals surface area (Å²) < 4.78 is 21.8. The van der Waals surface area contributed by atoms with E-state index in [4.69, 9.17) is 18.6 Å². The Kier molecular flexibility index (Phi) is 4.91. The Hall–Kier alpha value is -3.80. The summed E-state index contributed by atoms with van der Waals surface area (Å²) >= 11 is 0. The second kappa shape index (κ2) is 7.67. The molecule has 0 spiro atoms. The van der Waals surface area contributed by atoms with Crippen LogP contribution in [-0.2, 0) is 0 Å². The van der Waals surface area contributed by atoms with Gasteiger partial charge in [0.2, 0.25) is 5.78 Å². The molecule has 2 heterocycles. The highest BCUT2D eigenvalue weighted by atomic mass is 16.5. The third kappa shape index (κ3) is 3.91. The molecular formula is C23H18O6. The number of carbonyl (C=O) groups excluding carboxylic acids is 2. The molecule has 0 radical (unpaired) electrons. The summed E-state index contributed by atoms with van der Waals surface area (Å²) in [5, 5.41) is 0. The summed E-state index contributed by atoms with van der Waals surface area (Å²) in [6.45, 7) is 1.69. The number of methoxy groups -OCH3 is 1. The molecule has 6 heteroatoms. The van der Waals surface area contributed by atoms with Gasteiger partial charge in [0.1, 0.15) is 28.8 Å². The van der Waals surface area contributed by atoms with E-state index < -0.39 is 0 Å². The van der Waals surface area contributed by atoms with Gasteiger partial charge in [-0.2, -0.15) is 0 Å². The van der Waals surface area contributed by atoms with Crippen molar-refractivity contribution in [3.63, 3.8) is 0 Å². The average Bonchev–Trinajstić information content (AvgIpc) is 3.29. The van der Waals surface area contributed by atoms with Crippen LogP contribution in [0.1, 0.15) is 32.2 Å². The summed E-state index contributed by atoms with van der Waals surface area (Å²) in [5.74, 6) is 2.58. The van der Waals surface area contributed by atoms with Crippen LogP contribution in [0.25, 0.3) is 6.08 Å². The van der Waals surface area contributed by atoms with Crippen LogP contribution in [-0.4, -0.2) is 25.3 Å². The van der Waals surface area contributed by atoms with Crippen LogP contribution >= 0.6 is 0 Å². The first-order chi connectivity index (χ1) is 14.0. The van der Waals surface area contributed by atoms with Crippen LogP contribution in [0.15, 0.2) is 64.8 Å². The predicted molar refractivity (Wildman–Crippen MR) is 106 cm³/mol. The van der Waals surface area contributed by atoms with Gasteiger partial charge >= 0.3 is 0 Å². The standard InChI is InChI=1S/C23H18O6/c1-14-3-6-18(28-14)12-22-23(25)19-10-9-17(11-21(19)29-22)27-13-20(24)15-4-7-16(26-2)8-5-15/h3-12H,13H2,1-2H3. The number of fused-ring (bicyclic) bond motifs is 1. The number of Topliss-reactive ketones (excluding diaryl/α,β-unsaturated/α-hetero) is 2. The van der Waals surface area contributed by atoms with E-state index in [0.717, 1.165) is 5.76 Å². The smallest absolute Gasteiger partial charge is 0.232 e. The van der Waals surface area contributed by atoms with Crippen LogP contribution < -0.4 is 14.2 Å². The Morgan fingerprint density at radius 1 is 1.03 bits per heavy atom. The molecule has 0 bridgehead atoms. The molecule has 6 nitrogen and oxygen atoms in total. The van der Waals surface area contributed by atoms with Crippen LogP contribution in [0.3, 0.4) is 0 Å². The number of carbonyl (C=O) groups is 2. The lowest BCUT2D eigenvalue weighted by Crippen LogP contribution is -2.11. The second-order valence-corrected chi connectivity index (χ2v) is 6.49. The molecule has 0 amide bonds. The van der Waals surface area contributed by atoms with Gasteiger partial charge in [0.25, 0.3) is 0 Å². The highest BCUT2D eigenvalue weighted by Gasteiger charge is 2.28. The Labute approximate surface area is 167 Å². The molecule has 3 aromatic rings. The summed E-state index contributed by atoms with van der Waals surface area (Å²) in [7, 11) is 1.57. The number of ketones is 2. The van der Waals surface area contributed by atoms with Gasteiger partial charge < -0.3 is 18.6 Å². The molecule has 0 saturated heterocycles. The number of rotatable bonds is 6. The van der Waals surface area contributed by atoms with E-state index in [2.05, 4.69) is 0 Å². The zero-order valence-electron chi connectivity index (χ0n) is 15.9. The first-order valence-corrected chi connectivity index (χ1v) is 8.98. The van der Waals surface area contributed by atoms with Crippen LogP contribution in [0.2, 0.25) is 0 Å². The maximum Gasteiger partial charge on any atom is 0.232 e. The Balaban J connectivity index is 1.44. The summed E-state index contributed by atoms with van der Waals surface area (Å²) in [5.41, 5.74) is 0.964. The number of ether oxygens (including phenoxy) is 3. The highest BCUT2D eigenvalue weighted by Crippen LogP contribution is 2.35. The molecule has 4 rings (SSSR count). The van der Waals surface area contributed by atoms with Crippen molar-refractivity contribution in [3.05, 3.63) is 83.0 Å². The third-order valence-corrected chi connectivity index (χ3v) is 4.46. The van der Waals surface area contributed by atoms with E-state index in [9.17, 15) is 9.59 Å². The second-order valence-electron chi connectivity index (χ2n) is 6.49. The fraction of sp³-hybridized carbons (Fsp3) is 0.130. The zero-order valence-corrected chi connectivity index (χ0v) is 15.9. The molecule has 0 unspecified atom stereocenters. The van der Waals surface area contributed by atoms with Crippen molar-refractivity contribution >= 4 is 17.6 Å². The fourth-order valence-corrected chi connectivity index (χ4v) is 2.93. The molecule has 1 aliphatic rings. The third-order valence-electron chi connectivity index (χ3n) is 4.46. The lowest BCUT2D eigenvalue weighted by atomic mass is 10.1. The van der Waals surface area contributed by atoms with Crippen molar-refractivity contribution in [2.24, 2.45) is 0 Å². The topological polar surface area (TPSA) is 75.0 Å². The predicted octanol–water partition coefficient (Wildman–Crippen LogP) is 4.47. The van der Waals surface area contributed by atoms with Crippen LogP contribution in [0.5, 0.6) is 17.2 Å². The van der Waals surface area contributed by atoms with Gasteiger partial charge in [-0.3, -0.25) is 9.59 Å². The van der Waals surface area contributed by atoms with E-state index in [1.54, 1.807) is 61.7 Å². The molecule has 1 aromatic heterocycles. The van der Waals surface area contributed by atoms with Gasteiger partial charge in [-0.25, -0.2) is 0 Å². The molecule has 2 aromatic carbocycles. The van der Waals surface area contributed by atoms with Gasteiger partial charge in [-0.15, -0.1) is 0 Å². The average molecular weight is 390 g/mol. The van der Waals surface area contributed by atoms with Crippen molar-refractivity contribution < 1.29 is 28.2 Å². The molecule has 29 heavy (non-hydrogen) atoms. The molecule has 0 N–H and O–H groups in total. The SMILES string of the molecule is COc1ccc(C(=O)COc2ccc3c(c2)OC(=Cc2ccc(C)o2)C3=O)cc1. The summed E-state index contributed by atoms with van der Waals surface area (Å²) in [6.07, 6.45) is 1.56. The first kappa shape index (κ1) is 18.6. The Morgan fingerprint density at radius 2 is 1.79 bits per heavy atom. The first-order valence-electron chi connectivity index (χ1n) is 8.98. The lowest BCUT2D eigenvalue weighted by molar-refractivity contribution is 0.0920. The maximum atomic E-state index is 12.5. The Morgan fingerprint density at radius 3 is 2.48 bits per heavy atom. The molecule has 0 saturated carbocycles. The zero-order chi connectivity index (χ0) is 20.4. The number of aryl methyl sites for hydroxylation is 1. The van der Waals surface area contributed by atoms with E-state index in [1.807, 2.05) is 13.0 Å². The van der Waals surface area contributed by atoms with Gasteiger partial charge in [-0.1, -0.05) is 0 Å². The van der Waals surface area contributed by atoms with Gasteiger partial charge in [0.15, 0.2) is 18.1 Å². The molecule has 0 atom stereocenters. The fourth-order valence-electron chi connectivity index (χ4n) is 2.93. The number of allylic oxidation sites excluding steroid dienone is 1.